The smallest absolute Gasteiger partial charge is 0.267 e. The predicted molar refractivity (Wildman–Crippen MR) is 107 cm³/mol. The summed E-state index contributed by atoms with van der Waals surface area (Å²) < 4.78 is 7.88. The molecule has 26 heavy (non-hydrogen) atoms. The van der Waals surface area contributed by atoms with Gasteiger partial charge in [-0.25, -0.2) is 4.98 Å². The standard InChI is InChI=1S/C17H21N5O2S.ClH/c1-20(2)9-10-22(16(23)12-11-21(3)19-15(12)24-4)17-18-13-7-5-6-8-14(13)25-17;/h5-8,11H,9-10H2,1-4H3;1H. The van der Waals surface area contributed by atoms with Gasteiger partial charge in [0.15, 0.2) is 5.13 Å². The number of carbonyl (C=O) groups excluding carboxylic acids is 1. The number of anilines is 1. The van der Waals surface area contributed by atoms with Gasteiger partial charge in [-0.1, -0.05) is 23.5 Å². The second-order valence-electron chi connectivity index (χ2n) is 5.95. The minimum absolute atomic E-state index is 0. The Morgan fingerprint density at radius 3 is 2.65 bits per heavy atom. The van der Waals surface area contributed by atoms with Gasteiger partial charge in [0.25, 0.3) is 5.91 Å². The van der Waals surface area contributed by atoms with Crippen molar-refractivity contribution in [1.29, 1.82) is 0 Å². The summed E-state index contributed by atoms with van der Waals surface area (Å²) in [6, 6.07) is 7.88. The Labute approximate surface area is 162 Å². The van der Waals surface area contributed by atoms with Gasteiger partial charge in [0.05, 0.1) is 17.3 Å². The number of methoxy groups -OCH3 is 1. The molecule has 1 amide bonds. The van der Waals surface area contributed by atoms with Crippen LogP contribution in [-0.4, -0.2) is 59.9 Å². The normalized spacial score (nSPS) is 10.8. The molecule has 0 spiro atoms. The molecule has 2 aromatic heterocycles. The van der Waals surface area contributed by atoms with Crippen molar-refractivity contribution in [3.8, 4) is 5.88 Å². The Bertz CT molecular complexity index is 859. The first-order valence-corrected chi connectivity index (χ1v) is 8.71. The molecule has 7 nitrogen and oxygen atoms in total. The third-order valence-electron chi connectivity index (χ3n) is 3.75. The molecule has 0 saturated heterocycles. The maximum Gasteiger partial charge on any atom is 0.267 e. The molecule has 0 aliphatic carbocycles. The molecule has 0 atom stereocenters. The molecule has 0 unspecified atom stereocenters. The lowest BCUT2D eigenvalue weighted by Crippen LogP contribution is -2.36. The van der Waals surface area contributed by atoms with Crippen molar-refractivity contribution in [2.24, 2.45) is 7.05 Å². The Morgan fingerprint density at radius 2 is 2.00 bits per heavy atom. The van der Waals surface area contributed by atoms with Gasteiger partial charge < -0.3 is 9.64 Å². The van der Waals surface area contributed by atoms with Crippen molar-refractivity contribution in [2.45, 2.75) is 0 Å². The van der Waals surface area contributed by atoms with E-state index in [0.717, 1.165) is 16.8 Å². The first kappa shape index (κ1) is 20.2. The third kappa shape index (κ3) is 4.14. The van der Waals surface area contributed by atoms with Crippen molar-refractivity contribution in [3.05, 3.63) is 36.0 Å². The SMILES string of the molecule is COc1nn(C)cc1C(=O)N(CCN(C)C)c1nc2ccccc2s1.Cl. The Kier molecular flexibility index (Phi) is 6.57. The Hall–Kier alpha value is -2.16. The van der Waals surface area contributed by atoms with Gasteiger partial charge in [0.2, 0.25) is 5.88 Å². The summed E-state index contributed by atoms with van der Waals surface area (Å²) in [4.78, 5) is 21.5. The molecular formula is C17H22ClN5O2S. The van der Waals surface area contributed by atoms with Crippen LogP contribution in [0.25, 0.3) is 10.2 Å². The van der Waals surface area contributed by atoms with Crippen molar-refractivity contribution in [1.82, 2.24) is 19.7 Å². The summed E-state index contributed by atoms with van der Waals surface area (Å²) in [6.45, 7) is 1.26. The largest absolute Gasteiger partial charge is 0.479 e. The summed E-state index contributed by atoms with van der Waals surface area (Å²) in [7, 11) is 7.24. The molecule has 0 aliphatic rings. The lowest BCUT2D eigenvalue weighted by Gasteiger charge is -2.21. The van der Waals surface area contributed by atoms with Crippen LogP contribution in [0.1, 0.15) is 10.4 Å². The monoisotopic (exact) mass is 395 g/mol. The molecule has 0 radical (unpaired) electrons. The molecule has 9 heteroatoms. The lowest BCUT2D eigenvalue weighted by molar-refractivity contribution is 0.0982. The fourth-order valence-corrected chi connectivity index (χ4v) is 3.46. The number of amides is 1. The van der Waals surface area contributed by atoms with Crippen molar-refractivity contribution in [2.75, 3.05) is 39.2 Å². The first-order valence-electron chi connectivity index (χ1n) is 7.89. The maximum absolute atomic E-state index is 13.2. The van der Waals surface area contributed by atoms with Crippen molar-refractivity contribution in [3.63, 3.8) is 0 Å². The average molecular weight is 396 g/mol. The van der Waals surface area contributed by atoms with E-state index in [2.05, 4.69) is 10.1 Å². The van der Waals surface area contributed by atoms with Gasteiger partial charge >= 0.3 is 0 Å². The Morgan fingerprint density at radius 1 is 1.27 bits per heavy atom. The van der Waals surface area contributed by atoms with Crippen LogP contribution in [0.15, 0.2) is 30.5 Å². The molecule has 1 aromatic carbocycles. The number of aromatic nitrogens is 3. The maximum atomic E-state index is 13.2. The zero-order valence-corrected chi connectivity index (χ0v) is 16.8. The highest BCUT2D eigenvalue weighted by atomic mass is 35.5. The van der Waals surface area contributed by atoms with E-state index in [9.17, 15) is 4.79 Å². The summed E-state index contributed by atoms with van der Waals surface area (Å²) in [5, 5.41) is 4.86. The molecule has 2 heterocycles. The van der Waals surface area contributed by atoms with Gasteiger partial charge in [0.1, 0.15) is 5.56 Å². The zero-order chi connectivity index (χ0) is 18.0. The number of fused-ring (bicyclic) bond motifs is 1. The van der Waals surface area contributed by atoms with Crippen molar-refractivity contribution < 1.29 is 9.53 Å². The fourth-order valence-electron chi connectivity index (χ4n) is 2.47. The minimum Gasteiger partial charge on any atom is -0.479 e. The number of hydrogen-bond acceptors (Lipinski definition) is 6. The third-order valence-corrected chi connectivity index (χ3v) is 4.81. The van der Waals surface area contributed by atoms with Crippen LogP contribution in [0.5, 0.6) is 5.88 Å². The van der Waals surface area contributed by atoms with Crippen LogP contribution in [0.2, 0.25) is 0 Å². The van der Waals surface area contributed by atoms with Gasteiger partial charge in [-0.05, 0) is 26.2 Å². The number of thiazole rings is 1. The van der Waals surface area contributed by atoms with Crippen LogP contribution >= 0.6 is 23.7 Å². The second kappa shape index (κ2) is 8.48. The highest BCUT2D eigenvalue weighted by Crippen LogP contribution is 2.30. The van der Waals surface area contributed by atoms with Gasteiger partial charge in [-0.15, -0.1) is 17.5 Å². The number of ether oxygens (including phenoxy) is 1. The number of likely N-dealkylation sites (N-methyl/N-ethyl adjacent to an activating group) is 1. The number of nitrogens with zero attached hydrogens (tertiary/aromatic N) is 5. The van der Waals surface area contributed by atoms with Gasteiger partial charge in [-0.3, -0.25) is 14.4 Å². The summed E-state index contributed by atoms with van der Waals surface area (Å²) >= 11 is 1.51. The molecule has 140 valence electrons. The van der Waals surface area contributed by atoms with Crippen LogP contribution < -0.4 is 9.64 Å². The molecule has 0 aliphatic heterocycles. The molecule has 3 aromatic rings. The highest BCUT2D eigenvalue weighted by Gasteiger charge is 2.26. The molecule has 0 fully saturated rings. The zero-order valence-electron chi connectivity index (χ0n) is 15.2. The molecular weight excluding hydrogens is 374 g/mol. The van der Waals surface area contributed by atoms with E-state index in [-0.39, 0.29) is 18.3 Å². The lowest BCUT2D eigenvalue weighted by atomic mass is 10.3. The summed E-state index contributed by atoms with van der Waals surface area (Å²) in [6.07, 6.45) is 1.68. The number of benzene rings is 1. The number of rotatable bonds is 6. The molecule has 0 saturated carbocycles. The van der Waals surface area contributed by atoms with E-state index < -0.39 is 0 Å². The number of carbonyl (C=O) groups is 1. The minimum atomic E-state index is -0.161. The fraction of sp³-hybridized carbons (Fsp3) is 0.353. The topological polar surface area (TPSA) is 63.5 Å². The van der Waals surface area contributed by atoms with E-state index in [1.807, 2.05) is 43.3 Å². The van der Waals surface area contributed by atoms with Crippen LogP contribution in [0.4, 0.5) is 5.13 Å². The van der Waals surface area contributed by atoms with Crippen LogP contribution in [0.3, 0.4) is 0 Å². The van der Waals surface area contributed by atoms with E-state index >= 15 is 0 Å². The van der Waals surface area contributed by atoms with Crippen LogP contribution in [-0.2, 0) is 7.05 Å². The number of para-hydroxylation sites is 1. The average Bonchev–Trinajstić information content (AvgIpc) is 3.17. The molecule has 3 rings (SSSR count). The predicted octanol–water partition coefficient (Wildman–Crippen LogP) is 2.67. The quantitative estimate of drug-likeness (QED) is 0.642. The van der Waals surface area contributed by atoms with Crippen LogP contribution in [0, 0.1) is 0 Å². The Balaban J connectivity index is 0.00000243. The number of aryl methyl sites for hydroxylation is 1. The van der Waals surface area contributed by atoms with Gasteiger partial charge in [0, 0.05) is 26.3 Å². The van der Waals surface area contributed by atoms with E-state index in [0.29, 0.717) is 23.1 Å². The van der Waals surface area contributed by atoms with Gasteiger partial charge in [-0.2, -0.15) is 0 Å². The first-order chi connectivity index (χ1) is 12.0. The van der Waals surface area contributed by atoms with E-state index in [1.54, 1.807) is 22.8 Å². The summed E-state index contributed by atoms with van der Waals surface area (Å²) in [5.74, 6) is 0.161. The van der Waals surface area contributed by atoms with Crippen molar-refractivity contribution >= 4 is 45.0 Å². The second-order valence-corrected chi connectivity index (χ2v) is 6.96. The highest BCUT2D eigenvalue weighted by molar-refractivity contribution is 7.22. The molecule has 0 N–H and O–H groups in total. The summed E-state index contributed by atoms with van der Waals surface area (Å²) in [5.41, 5.74) is 1.33. The number of hydrogen-bond donors (Lipinski definition) is 0. The number of halogens is 1. The molecule has 0 bridgehead atoms. The van der Waals surface area contributed by atoms with E-state index in [1.165, 1.54) is 18.4 Å². The van der Waals surface area contributed by atoms with E-state index in [4.69, 9.17) is 4.74 Å².